The van der Waals surface area contributed by atoms with Gasteiger partial charge >= 0.3 is 0 Å². The maximum atomic E-state index is 6.56. The minimum Gasteiger partial charge on any atom is -0.488 e. The number of aromatic nitrogens is 1. The summed E-state index contributed by atoms with van der Waals surface area (Å²) >= 11 is 0. The van der Waals surface area contributed by atoms with Crippen LogP contribution >= 0.6 is 0 Å². The third-order valence-electron chi connectivity index (χ3n) is 4.80. The standard InChI is InChI=1S/C20H23N3O/c1-2-16-17-5-3-4-6-18(17)23-20(16)19(21)13-7-9-14(10-8-13)24-15-11-22-12-15/h3-10,15,19,22-23H,2,11-12,21H2,1H3/t19-/m0/s1. The molecule has 1 aromatic heterocycles. The van der Waals surface area contributed by atoms with Gasteiger partial charge in [0, 0.05) is 29.7 Å². The van der Waals surface area contributed by atoms with Crippen LogP contribution in [0.3, 0.4) is 0 Å². The fourth-order valence-corrected chi connectivity index (χ4v) is 3.33. The van der Waals surface area contributed by atoms with E-state index in [0.717, 1.165) is 42.0 Å². The van der Waals surface area contributed by atoms with Gasteiger partial charge in [0.05, 0.1) is 6.04 Å². The van der Waals surface area contributed by atoms with Crippen molar-refractivity contribution in [1.82, 2.24) is 10.3 Å². The van der Waals surface area contributed by atoms with Gasteiger partial charge in [-0.05, 0) is 35.7 Å². The highest BCUT2D eigenvalue weighted by molar-refractivity contribution is 5.85. The molecular weight excluding hydrogens is 298 g/mol. The molecule has 2 aromatic carbocycles. The van der Waals surface area contributed by atoms with Crippen molar-refractivity contribution >= 4 is 10.9 Å². The first-order chi connectivity index (χ1) is 11.8. The molecule has 2 heterocycles. The second kappa shape index (κ2) is 6.30. The molecule has 0 saturated carbocycles. The monoisotopic (exact) mass is 321 g/mol. The summed E-state index contributed by atoms with van der Waals surface area (Å²) in [6, 6.07) is 16.4. The highest BCUT2D eigenvalue weighted by atomic mass is 16.5. The van der Waals surface area contributed by atoms with Crippen LogP contribution in [0.2, 0.25) is 0 Å². The molecular formula is C20H23N3O. The van der Waals surface area contributed by atoms with Gasteiger partial charge < -0.3 is 20.8 Å². The van der Waals surface area contributed by atoms with Crippen LogP contribution in [-0.2, 0) is 6.42 Å². The zero-order valence-corrected chi connectivity index (χ0v) is 13.9. The fourth-order valence-electron chi connectivity index (χ4n) is 3.33. The Balaban J connectivity index is 1.61. The molecule has 4 heteroatoms. The number of aryl methyl sites for hydroxylation is 1. The van der Waals surface area contributed by atoms with Crippen molar-refractivity contribution < 1.29 is 4.74 Å². The zero-order chi connectivity index (χ0) is 16.5. The van der Waals surface area contributed by atoms with Crippen LogP contribution in [0.25, 0.3) is 10.9 Å². The highest BCUT2D eigenvalue weighted by Crippen LogP contribution is 2.30. The molecule has 1 aliphatic heterocycles. The minimum atomic E-state index is -0.160. The number of ether oxygens (including phenoxy) is 1. The molecule has 0 bridgehead atoms. The van der Waals surface area contributed by atoms with E-state index in [0.29, 0.717) is 6.10 Å². The molecule has 0 aliphatic carbocycles. The molecule has 4 nitrogen and oxygen atoms in total. The summed E-state index contributed by atoms with van der Waals surface area (Å²) < 4.78 is 5.87. The molecule has 0 radical (unpaired) electrons. The number of hydrogen-bond donors (Lipinski definition) is 3. The summed E-state index contributed by atoms with van der Waals surface area (Å²) in [5.74, 6) is 0.907. The van der Waals surface area contributed by atoms with Crippen molar-refractivity contribution in [1.29, 1.82) is 0 Å². The van der Waals surface area contributed by atoms with E-state index in [-0.39, 0.29) is 6.04 Å². The van der Waals surface area contributed by atoms with E-state index in [1.54, 1.807) is 0 Å². The van der Waals surface area contributed by atoms with E-state index in [2.05, 4.69) is 53.6 Å². The van der Waals surface area contributed by atoms with E-state index in [1.807, 2.05) is 12.1 Å². The normalized spacial score (nSPS) is 16.1. The Morgan fingerprint density at radius 2 is 1.88 bits per heavy atom. The van der Waals surface area contributed by atoms with Crippen molar-refractivity contribution in [3.05, 3.63) is 65.4 Å². The lowest BCUT2D eigenvalue weighted by molar-refractivity contribution is 0.142. The van der Waals surface area contributed by atoms with Gasteiger partial charge in [0.15, 0.2) is 0 Å². The highest BCUT2D eigenvalue weighted by Gasteiger charge is 2.20. The maximum absolute atomic E-state index is 6.56. The topological polar surface area (TPSA) is 63.1 Å². The summed E-state index contributed by atoms with van der Waals surface area (Å²) in [4.78, 5) is 3.51. The molecule has 4 rings (SSSR count). The van der Waals surface area contributed by atoms with Gasteiger partial charge in [-0.1, -0.05) is 37.3 Å². The number of benzene rings is 2. The summed E-state index contributed by atoms with van der Waals surface area (Å²) in [6.45, 7) is 4.03. The largest absolute Gasteiger partial charge is 0.488 e. The van der Waals surface area contributed by atoms with Crippen LogP contribution in [0.4, 0.5) is 0 Å². The van der Waals surface area contributed by atoms with E-state index < -0.39 is 0 Å². The molecule has 0 amide bonds. The first-order valence-electron chi connectivity index (χ1n) is 8.58. The number of para-hydroxylation sites is 1. The first kappa shape index (κ1) is 15.2. The van der Waals surface area contributed by atoms with Crippen LogP contribution < -0.4 is 15.8 Å². The Labute approximate surface area is 142 Å². The molecule has 1 fully saturated rings. The van der Waals surface area contributed by atoms with Crippen molar-refractivity contribution in [2.75, 3.05) is 13.1 Å². The maximum Gasteiger partial charge on any atom is 0.123 e. The number of nitrogens with one attached hydrogen (secondary N) is 2. The van der Waals surface area contributed by atoms with Crippen molar-refractivity contribution in [2.45, 2.75) is 25.5 Å². The molecule has 1 saturated heterocycles. The molecule has 1 atom stereocenters. The number of aromatic amines is 1. The van der Waals surface area contributed by atoms with Crippen LogP contribution in [-0.4, -0.2) is 24.2 Å². The summed E-state index contributed by atoms with van der Waals surface area (Å²) in [7, 11) is 0. The van der Waals surface area contributed by atoms with Gasteiger partial charge in [-0.2, -0.15) is 0 Å². The SMILES string of the molecule is CCc1c([C@@H](N)c2ccc(OC3CNC3)cc2)[nH]c2ccccc12. The number of nitrogens with two attached hydrogens (primary N) is 1. The molecule has 4 N–H and O–H groups in total. The Bertz CT molecular complexity index is 834. The number of hydrogen-bond acceptors (Lipinski definition) is 3. The van der Waals surface area contributed by atoms with Crippen LogP contribution in [0, 0.1) is 0 Å². The Morgan fingerprint density at radius 1 is 1.12 bits per heavy atom. The number of rotatable bonds is 5. The zero-order valence-electron chi connectivity index (χ0n) is 13.9. The predicted molar refractivity (Wildman–Crippen MR) is 97.4 cm³/mol. The number of H-pyrrole nitrogens is 1. The molecule has 1 aliphatic rings. The molecule has 0 unspecified atom stereocenters. The van der Waals surface area contributed by atoms with Gasteiger partial charge in [0.25, 0.3) is 0 Å². The second-order valence-electron chi connectivity index (χ2n) is 6.36. The van der Waals surface area contributed by atoms with Crippen LogP contribution in [0.15, 0.2) is 48.5 Å². The molecule has 0 spiro atoms. The summed E-state index contributed by atoms with van der Waals surface area (Å²) in [6.07, 6.45) is 1.26. The van der Waals surface area contributed by atoms with Crippen molar-refractivity contribution in [3.8, 4) is 5.75 Å². The van der Waals surface area contributed by atoms with Gasteiger partial charge in [-0.15, -0.1) is 0 Å². The summed E-state index contributed by atoms with van der Waals surface area (Å²) in [5, 5.41) is 4.48. The summed E-state index contributed by atoms with van der Waals surface area (Å²) in [5.41, 5.74) is 11.2. The third kappa shape index (κ3) is 2.68. The predicted octanol–water partition coefficient (Wildman–Crippen LogP) is 3.13. The Kier molecular flexibility index (Phi) is 4.00. The lowest BCUT2D eigenvalue weighted by atomic mass is 9.99. The Morgan fingerprint density at radius 3 is 2.54 bits per heavy atom. The average Bonchev–Trinajstić information content (AvgIpc) is 2.96. The van der Waals surface area contributed by atoms with E-state index in [4.69, 9.17) is 10.5 Å². The first-order valence-corrected chi connectivity index (χ1v) is 8.58. The molecule has 3 aromatic rings. The minimum absolute atomic E-state index is 0.160. The van der Waals surface area contributed by atoms with Gasteiger partial charge in [0.1, 0.15) is 11.9 Å². The lowest BCUT2D eigenvalue weighted by Gasteiger charge is -2.27. The quantitative estimate of drug-likeness (QED) is 0.676. The van der Waals surface area contributed by atoms with Gasteiger partial charge in [0.2, 0.25) is 0 Å². The average molecular weight is 321 g/mol. The van der Waals surface area contributed by atoms with Crippen LogP contribution in [0.1, 0.15) is 29.8 Å². The van der Waals surface area contributed by atoms with Crippen molar-refractivity contribution in [3.63, 3.8) is 0 Å². The molecule has 24 heavy (non-hydrogen) atoms. The van der Waals surface area contributed by atoms with Crippen molar-refractivity contribution in [2.24, 2.45) is 5.73 Å². The van der Waals surface area contributed by atoms with E-state index in [1.165, 1.54) is 10.9 Å². The Hall–Kier alpha value is -2.30. The number of fused-ring (bicyclic) bond motifs is 1. The third-order valence-corrected chi connectivity index (χ3v) is 4.80. The van der Waals surface area contributed by atoms with Gasteiger partial charge in [-0.3, -0.25) is 0 Å². The van der Waals surface area contributed by atoms with Gasteiger partial charge in [-0.25, -0.2) is 0 Å². The fraction of sp³-hybridized carbons (Fsp3) is 0.300. The van der Waals surface area contributed by atoms with E-state index >= 15 is 0 Å². The molecule has 124 valence electrons. The smallest absolute Gasteiger partial charge is 0.123 e. The van der Waals surface area contributed by atoms with Crippen LogP contribution in [0.5, 0.6) is 5.75 Å². The second-order valence-corrected chi connectivity index (χ2v) is 6.36. The lowest BCUT2D eigenvalue weighted by Crippen LogP contribution is -2.50. The van der Waals surface area contributed by atoms with E-state index in [9.17, 15) is 0 Å².